The van der Waals surface area contributed by atoms with Gasteiger partial charge in [-0.25, -0.2) is 4.98 Å². The summed E-state index contributed by atoms with van der Waals surface area (Å²) < 4.78 is 6.14. The first-order chi connectivity index (χ1) is 12.1. The van der Waals surface area contributed by atoms with Gasteiger partial charge in [0.05, 0.1) is 18.5 Å². The summed E-state index contributed by atoms with van der Waals surface area (Å²) in [5, 5.41) is 0. The highest BCUT2D eigenvalue weighted by Crippen LogP contribution is 2.50. The Bertz CT molecular complexity index is 649. The predicted octanol–water partition coefficient (Wildman–Crippen LogP) is 2.75. The molecule has 0 N–H and O–H groups in total. The van der Waals surface area contributed by atoms with Crippen molar-refractivity contribution >= 4 is 11.5 Å². The average molecular weight is 342 g/mol. The van der Waals surface area contributed by atoms with Crippen LogP contribution in [0.3, 0.4) is 0 Å². The van der Waals surface area contributed by atoms with E-state index in [-0.39, 0.29) is 0 Å². The minimum atomic E-state index is 0.526. The monoisotopic (exact) mass is 342 g/mol. The van der Waals surface area contributed by atoms with E-state index in [2.05, 4.69) is 40.8 Å². The van der Waals surface area contributed by atoms with Gasteiger partial charge in [-0.05, 0) is 26.7 Å². The Balaban J connectivity index is 1.35. The predicted molar refractivity (Wildman–Crippen MR) is 101 cm³/mol. The van der Waals surface area contributed by atoms with Gasteiger partial charge in [0.2, 0.25) is 0 Å². The molecule has 25 heavy (non-hydrogen) atoms. The van der Waals surface area contributed by atoms with E-state index in [1.54, 1.807) is 0 Å². The second-order valence-corrected chi connectivity index (χ2v) is 8.80. The van der Waals surface area contributed by atoms with Gasteiger partial charge >= 0.3 is 0 Å². The van der Waals surface area contributed by atoms with Gasteiger partial charge in [0.25, 0.3) is 0 Å². The molecule has 3 fully saturated rings. The van der Waals surface area contributed by atoms with Crippen molar-refractivity contribution in [3.05, 3.63) is 12.3 Å². The molecule has 0 unspecified atom stereocenters. The van der Waals surface area contributed by atoms with Crippen molar-refractivity contribution in [2.75, 3.05) is 49.1 Å². The first-order valence-corrected chi connectivity index (χ1v) is 10.0. The molecule has 5 heteroatoms. The van der Waals surface area contributed by atoms with Gasteiger partial charge in [-0.2, -0.15) is 0 Å². The van der Waals surface area contributed by atoms with Gasteiger partial charge in [-0.3, -0.25) is 4.90 Å². The second kappa shape index (κ2) is 5.76. The van der Waals surface area contributed by atoms with Crippen LogP contribution >= 0.6 is 0 Å². The van der Waals surface area contributed by atoms with E-state index in [0.29, 0.717) is 17.5 Å². The van der Waals surface area contributed by atoms with Crippen molar-refractivity contribution in [2.24, 2.45) is 5.41 Å². The summed E-state index contributed by atoms with van der Waals surface area (Å²) in [5.74, 6) is 2.06. The summed E-state index contributed by atoms with van der Waals surface area (Å²) >= 11 is 0. The van der Waals surface area contributed by atoms with Gasteiger partial charge in [0.15, 0.2) is 11.6 Å². The van der Waals surface area contributed by atoms with Crippen molar-refractivity contribution in [3.8, 4) is 5.75 Å². The van der Waals surface area contributed by atoms with Gasteiger partial charge in [0, 0.05) is 62.7 Å². The molecule has 0 bridgehead atoms. The van der Waals surface area contributed by atoms with Crippen LogP contribution in [0.5, 0.6) is 5.75 Å². The maximum absolute atomic E-state index is 6.14. The molecule has 1 spiro atoms. The highest BCUT2D eigenvalue weighted by atomic mass is 16.5. The standard InChI is InChI=1S/C20H30N4O/c1-15(2)22-7-8-24-16(12-22)4-9-25-18-10-17(11-21-19(18)24)23-13-20(14-23)5-3-6-20/h10-11,15-16H,3-9,12-14H2,1-2H3/t16-/m0/s1. The van der Waals surface area contributed by atoms with Gasteiger partial charge in [-0.15, -0.1) is 0 Å². The molecule has 136 valence electrons. The number of aromatic nitrogens is 1. The van der Waals surface area contributed by atoms with Crippen molar-refractivity contribution in [1.82, 2.24) is 9.88 Å². The maximum atomic E-state index is 6.14. The fraction of sp³-hybridized carbons (Fsp3) is 0.750. The number of anilines is 2. The van der Waals surface area contributed by atoms with Crippen LogP contribution in [-0.4, -0.2) is 61.3 Å². The largest absolute Gasteiger partial charge is 0.490 e. The molecular weight excluding hydrogens is 312 g/mol. The third-order valence-corrected chi connectivity index (χ3v) is 6.88. The molecule has 0 aromatic carbocycles. The van der Waals surface area contributed by atoms with Crippen LogP contribution in [0.2, 0.25) is 0 Å². The van der Waals surface area contributed by atoms with Crippen LogP contribution < -0.4 is 14.5 Å². The Hall–Kier alpha value is -1.49. The molecule has 1 saturated carbocycles. The van der Waals surface area contributed by atoms with E-state index < -0.39 is 0 Å². The van der Waals surface area contributed by atoms with Crippen molar-refractivity contribution in [1.29, 1.82) is 0 Å². The molecule has 4 heterocycles. The topological polar surface area (TPSA) is 31.8 Å². The second-order valence-electron chi connectivity index (χ2n) is 8.80. The first-order valence-electron chi connectivity index (χ1n) is 10.0. The SMILES string of the molecule is CC(C)N1CCN2c3ncc(N4CC5(CCC5)C4)cc3OCC[C@H]2C1. The summed E-state index contributed by atoms with van der Waals surface area (Å²) in [6.07, 6.45) is 7.41. The first kappa shape index (κ1) is 15.7. The number of pyridine rings is 1. The van der Waals surface area contributed by atoms with E-state index >= 15 is 0 Å². The lowest BCUT2D eigenvalue weighted by molar-refractivity contribution is 0.0903. The number of hydrogen-bond acceptors (Lipinski definition) is 5. The van der Waals surface area contributed by atoms with Crippen molar-refractivity contribution < 1.29 is 4.74 Å². The Morgan fingerprint density at radius 3 is 2.80 bits per heavy atom. The number of rotatable bonds is 2. The van der Waals surface area contributed by atoms with Crippen LogP contribution in [0.25, 0.3) is 0 Å². The van der Waals surface area contributed by atoms with Crippen LogP contribution in [-0.2, 0) is 0 Å². The minimum Gasteiger partial charge on any atom is -0.490 e. The van der Waals surface area contributed by atoms with Gasteiger partial charge in [-0.1, -0.05) is 6.42 Å². The van der Waals surface area contributed by atoms with Gasteiger partial charge < -0.3 is 14.5 Å². The van der Waals surface area contributed by atoms with E-state index in [9.17, 15) is 0 Å². The van der Waals surface area contributed by atoms with Crippen LogP contribution in [0.15, 0.2) is 12.3 Å². The Morgan fingerprint density at radius 2 is 2.08 bits per heavy atom. The molecule has 5 rings (SSSR count). The lowest BCUT2D eigenvalue weighted by Gasteiger charge is -2.56. The zero-order valence-corrected chi connectivity index (χ0v) is 15.6. The molecule has 4 aliphatic rings. The van der Waals surface area contributed by atoms with E-state index in [1.807, 2.05) is 0 Å². The fourth-order valence-corrected chi connectivity index (χ4v) is 5.04. The van der Waals surface area contributed by atoms with Crippen LogP contribution in [0.1, 0.15) is 39.5 Å². The van der Waals surface area contributed by atoms with Crippen molar-refractivity contribution in [3.63, 3.8) is 0 Å². The number of hydrogen-bond donors (Lipinski definition) is 0. The third-order valence-electron chi connectivity index (χ3n) is 6.88. The summed E-state index contributed by atoms with van der Waals surface area (Å²) in [5.41, 5.74) is 1.89. The Morgan fingerprint density at radius 1 is 1.24 bits per heavy atom. The maximum Gasteiger partial charge on any atom is 0.171 e. The number of piperazine rings is 1. The fourth-order valence-electron chi connectivity index (χ4n) is 5.04. The molecule has 5 nitrogen and oxygen atoms in total. The molecule has 1 aromatic heterocycles. The lowest BCUT2D eigenvalue weighted by Crippen LogP contribution is -2.59. The molecule has 1 aliphatic carbocycles. The highest BCUT2D eigenvalue weighted by Gasteiger charge is 2.47. The number of nitrogens with zero attached hydrogens (tertiary/aromatic N) is 4. The molecule has 1 atom stereocenters. The lowest BCUT2D eigenvalue weighted by atomic mass is 9.63. The molecule has 0 radical (unpaired) electrons. The summed E-state index contributed by atoms with van der Waals surface area (Å²) in [6.45, 7) is 11.1. The number of fused-ring (bicyclic) bond motifs is 3. The molecule has 0 amide bonds. The highest BCUT2D eigenvalue weighted by molar-refractivity contribution is 5.62. The van der Waals surface area contributed by atoms with E-state index in [1.165, 1.54) is 38.0 Å². The quantitative estimate of drug-likeness (QED) is 0.825. The van der Waals surface area contributed by atoms with E-state index in [4.69, 9.17) is 9.72 Å². The normalized spacial score (nSPS) is 27.9. The zero-order chi connectivity index (χ0) is 17.0. The summed E-state index contributed by atoms with van der Waals surface area (Å²) in [6, 6.07) is 3.38. The van der Waals surface area contributed by atoms with Crippen LogP contribution in [0, 0.1) is 5.41 Å². The average Bonchev–Trinajstić information content (AvgIpc) is 2.70. The minimum absolute atomic E-state index is 0.526. The molecule has 1 aromatic rings. The smallest absolute Gasteiger partial charge is 0.171 e. The Kier molecular flexibility index (Phi) is 3.63. The zero-order valence-electron chi connectivity index (χ0n) is 15.6. The van der Waals surface area contributed by atoms with Crippen molar-refractivity contribution in [2.45, 2.75) is 51.6 Å². The van der Waals surface area contributed by atoms with Gasteiger partial charge in [0.1, 0.15) is 0 Å². The molecule has 3 aliphatic heterocycles. The third kappa shape index (κ3) is 2.59. The Labute approximate surface area is 150 Å². The summed E-state index contributed by atoms with van der Waals surface area (Å²) in [4.78, 5) is 12.4. The number of ether oxygens (including phenoxy) is 1. The molecular formula is C20H30N4O. The van der Waals surface area contributed by atoms with E-state index in [0.717, 1.165) is 44.2 Å². The summed E-state index contributed by atoms with van der Waals surface area (Å²) in [7, 11) is 0. The molecule has 2 saturated heterocycles. The van der Waals surface area contributed by atoms with Crippen LogP contribution in [0.4, 0.5) is 11.5 Å².